The number of rotatable bonds is 4. The van der Waals surface area contributed by atoms with Crippen LogP contribution >= 0.6 is 34.9 Å². The largest absolute Gasteiger partial charge is 0.382 e. The summed E-state index contributed by atoms with van der Waals surface area (Å²) >= 11 is 13.4. The lowest BCUT2D eigenvalue weighted by Crippen LogP contribution is -2.10. The van der Waals surface area contributed by atoms with E-state index in [4.69, 9.17) is 23.2 Å². The average Bonchev–Trinajstić information content (AvgIpc) is 2.77. The Morgan fingerprint density at radius 3 is 2.71 bits per heavy atom. The highest BCUT2D eigenvalue weighted by atomic mass is 35.5. The van der Waals surface area contributed by atoms with E-state index >= 15 is 0 Å². The smallest absolute Gasteiger partial charge is 0.130 e. The van der Waals surface area contributed by atoms with Crippen molar-refractivity contribution in [1.29, 1.82) is 0 Å². The zero-order valence-corrected chi connectivity index (χ0v) is 12.0. The molecule has 0 radical (unpaired) electrons. The molecular weight excluding hydrogens is 277 g/mol. The van der Waals surface area contributed by atoms with E-state index in [-0.39, 0.29) is 0 Å². The first kappa shape index (κ1) is 12.9. The molecule has 6 heteroatoms. The molecule has 0 aliphatic heterocycles. The Hall–Kier alpha value is -0.580. The van der Waals surface area contributed by atoms with Gasteiger partial charge < -0.3 is 5.32 Å². The van der Waals surface area contributed by atoms with Gasteiger partial charge in [0.1, 0.15) is 11.0 Å². The van der Waals surface area contributed by atoms with Crippen LogP contribution in [-0.4, -0.2) is 15.3 Å². The molecule has 2 rings (SSSR count). The van der Waals surface area contributed by atoms with Crippen molar-refractivity contribution in [2.45, 2.75) is 20.3 Å². The first-order valence-electron chi connectivity index (χ1n) is 5.47. The molecule has 0 fully saturated rings. The summed E-state index contributed by atoms with van der Waals surface area (Å²) in [5.74, 6) is 0.586. The van der Waals surface area contributed by atoms with Crippen molar-refractivity contribution >= 4 is 51.7 Å². The average molecular weight is 290 g/mol. The number of nitrogens with zero attached hydrogens (tertiary/aromatic N) is 2. The van der Waals surface area contributed by atoms with E-state index in [1.165, 1.54) is 0 Å². The number of aromatic nitrogens is 2. The summed E-state index contributed by atoms with van der Waals surface area (Å²) in [7, 11) is 0. The van der Waals surface area contributed by atoms with Crippen LogP contribution in [0.5, 0.6) is 0 Å². The van der Waals surface area contributed by atoms with Crippen LogP contribution in [0.1, 0.15) is 20.3 Å². The first-order chi connectivity index (χ1) is 8.13. The van der Waals surface area contributed by atoms with Gasteiger partial charge in [-0.2, -0.15) is 8.75 Å². The molecule has 0 amide bonds. The van der Waals surface area contributed by atoms with E-state index in [2.05, 4.69) is 27.9 Å². The van der Waals surface area contributed by atoms with Gasteiger partial charge in [-0.3, -0.25) is 0 Å². The predicted octanol–water partition coefficient (Wildman–Crippen LogP) is 4.46. The number of benzene rings is 1. The molecule has 0 saturated heterocycles. The predicted molar refractivity (Wildman–Crippen MR) is 75.4 cm³/mol. The van der Waals surface area contributed by atoms with Gasteiger partial charge in [0.25, 0.3) is 0 Å². The fourth-order valence-electron chi connectivity index (χ4n) is 1.46. The molecule has 0 aliphatic rings. The zero-order valence-electron chi connectivity index (χ0n) is 9.63. The van der Waals surface area contributed by atoms with Crippen molar-refractivity contribution < 1.29 is 0 Å². The SMILES string of the molecule is CCC(C)CNc1c(Cl)cc(Cl)c2nsnc12. The highest BCUT2D eigenvalue weighted by Crippen LogP contribution is 2.35. The molecule has 3 nitrogen and oxygen atoms in total. The van der Waals surface area contributed by atoms with Gasteiger partial charge in [0, 0.05) is 6.54 Å². The molecule has 1 heterocycles. The zero-order chi connectivity index (χ0) is 12.4. The van der Waals surface area contributed by atoms with E-state index in [1.807, 2.05) is 0 Å². The number of anilines is 1. The summed E-state index contributed by atoms with van der Waals surface area (Å²) in [6.45, 7) is 5.22. The van der Waals surface area contributed by atoms with E-state index in [9.17, 15) is 0 Å². The van der Waals surface area contributed by atoms with Gasteiger partial charge in [-0.15, -0.1) is 0 Å². The summed E-state index contributed by atoms with van der Waals surface area (Å²) in [6.07, 6.45) is 1.12. The van der Waals surface area contributed by atoms with Gasteiger partial charge in [-0.1, -0.05) is 43.5 Å². The molecule has 92 valence electrons. The molecule has 1 aromatic carbocycles. The molecule has 17 heavy (non-hydrogen) atoms. The quantitative estimate of drug-likeness (QED) is 0.903. The number of hydrogen-bond donors (Lipinski definition) is 1. The van der Waals surface area contributed by atoms with Crippen LogP contribution in [0.4, 0.5) is 5.69 Å². The van der Waals surface area contributed by atoms with E-state index in [0.29, 0.717) is 21.5 Å². The molecular formula is C11H13Cl2N3S. The fraction of sp³-hybridized carbons (Fsp3) is 0.455. The standard InChI is InChI=1S/C11H13Cl2N3S/c1-3-6(2)5-14-9-7(12)4-8(13)10-11(9)16-17-15-10/h4,6,14H,3,5H2,1-2H3. The normalized spacial score (nSPS) is 12.9. The third-order valence-electron chi connectivity index (χ3n) is 2.77. The van der Waals surface area contributed by atoms with Crippen molar-refractivity contribution in [1.82, 2.24) is 8.75 Å². The fourth-order valence-corrected chi connectivity index (χ4v) is 2.64. The molecule has 0 spiro atoms. The van der Waals surface area contributed by atoms with Crippen LogP contribution in [-0.2, 0) is 0 Å². The van der Waals surface area contributed by atoms with Gasteiger partial charge >= 0.3 is 0 Å². The Bertz CT molecular complexity index is 527. The van der Waals surface area contributed by atoms with Crippen LogP contribution in [0.3, 0.4) is 0 Å². The molecule has 0 aliphatic carbocycles. The highest BCUT2D eigenvalue weighted by molar-refractivity contribution is 7.00. The van der Waals surface area contributed by atoms with E-state index in [0.717, 1.165) is 35.9 Å². The van der Waals surface area contributed by atoms with Crippen LogP contribution in [0, 0.1) is 5.92 Å². The second-order valence-electron chi connectivity index (χ2n) is 4.07. The number of halogens is 2. The maximum atomic E-state index is 6.18. The van der Waals surface area contributed by atoms with Crippen molar-refractivity contribution in [2.75, 3.05) is 11.9 Å². The molecule has 0 bridgehead atoms. The van der Waals surface area contributed by atoms with Crippen LogP contribution < -0.4 is 5.32 Å². The highest BCUT2D eigenvalue weighted by Gasteiger charge is 2.14. The van der Waals surface area contributed by atoms with Gasteiger partial charge in [-0.25, -0.2) is 0 Å². The Morgan fingerprint density at radius 2 is 2.00 bits per heavy atom. The topological polar surface area (TPSA) is 37.8 Å². The Morgan fingerprint density at radius 1 is 1.29 bits per heavy atom. The third-order valence-corrected chi connectivity index (χ3v) is 3.88. The molecule has 0 saturated carbocycles. The number of fused-ring (bicyclic) bond motifs is 1. The maximum Gasteiger partial charge on any atom is 0.130 e. The molecule has 1 N–H and O–H groups in total. The molecule has 1 unspecified atom stereocenters. The minimum absolute atomic E-state index is 0.549. The van der Waals surface area contributed by atoms with Gasteiger partial charge in [0.2, 0.25) is 0 Å². The van der Waals surface area contributed by atoms with Crippen molar-refractivity contribution in [3.8, 4) is 0 Å². The van der Waals surface area contributed by atoms with Crippen molar-refractivity contribution in [2.24, 2.45) is 5.92 Å². The first-order valence-corrected chi connectivity index (χ1v) is 6.96. The number of hydrogen-bond acceptors (Lipinski definition) is 4. The minimum Gasteiger partial charge on any atom is -0.382 e. The van der Waals surface area contributed by atoms with Crippen molar-refractivity contribution in [3.63, 3.8) is 0 Å². The minimum atomic E-state index is 0.549. The van der Waals surface area contributed by atoms with Crippen LogP contribution in [0.25, 0.3) is 11.0 Å². The Labute approximate surface area is 114 Å². The summed E-state index contributed by atoms with van der Waals surface area (Å²) in [5.41, 5.74) is 2.31. The van der Waals surface area contributed by atoms with E-state index < -0.39 is 0 Å². The monoisotopic (exact) mass is 289 g/mol. The summed E-state index contributed by atoms with van der Waals surface area (Å²) < 4.78 is 8.41. The van der Waals surface area contributed by atoms with Crippen molar-refractivity contribution in [3.05, 3.63) is 16.1 Å². The second-order valence-corrected chi connectivity index (χ2v) is 5.41. The lowest BCUT2D eigenvalue weighted by Gasteiger charge is -2.13. The second kappa shape index (κ2) is 5.38. The van der Waals surface area contributed by atoms with Crippen LogP contribution in [0.2, 0.25) is 10.0 Å². The number of nitrogens with one attached hydrogen (secondary N) is 1. The Balaban J connectivity index is 2.35. The third kappa shape index (κ3) is 2.64. The summed E-state index contributed by atoms with van der Waals surface area (Å²) in [6, 6.07) is 1.71. The molecule has 2 aromatic rings. The molecule has 1 aromatic heterocycles. The lowest BCUT2D eigenvalue weighted by molar-refractivity contribution is 0.594. The summed E-state index contributed by atoms with van der Waals surface area (Å²) in [5, 5.41) is 4.48. The van der Waals surface area contributed by atoms with Gasteiger partial charge in [-0.05, 0) is 12.0 Å². The van der Waals surface area contributed by atoms with Gasteiger partial charge in [0.15, 0.2) is 0 Å². The summed E-state index contributed by atoms with van der Waals surface area (Å²) in [4.78, 5) is 0. The van der Waals surface area contributed by atoms with Gasteiger partial charge in [0.05, 0.1) is 27.5 Å². The maximum absolute atomic E-state index is 6.18. The Kier molecular flexibility index (Phi) is 4.07. The lowest BCUT2D eigenvalue weighted by atomic mass is 10.1. The molecule has 1 atom stereocenters. The van der Waals surface area contributed by atoms with E-state index in [1.54, 1.807) is 6.07 Å². The van der Waals surface area contributed by atoms with Crippen LogP contribution in [0.15, 0.2) is 6.07 Å².